The molecule has 0 bridgehead atoms. The molecule has 1 N–H and O–H groups in total. The molecule has 186 valence electrons. The number of benzene rings is 2. The van der Waals surface area contributed by atoms with Crippen LogP contribution < -0.4 is 5.32 Å². The second-order valence-electron chi connectivity index (χ2n) is 9.69. The highest BCUT2D eigenvalue weighted by atomic mass is 16.5. The standard InChI is InChI=1S/C30H38N2O3/c33-28(16-15-25-9-3-1-4-10-25)32-21-18-30(19-22-32,27-13-5-2-6-14-27)29(34)31-20-7-11-26-12-8-23-35-24-17-26/h1-6,9-10,12-14H,7-8,11,15-24H2,(H,31,34). The molecule has 1 saturated heterocycles. The Hall–Kier alpha value is -2.92. The van der Waals surface area contributed by atoms with Gasteiger partial charge in [-0.3, -0.25) is 9.59 Å². The zero-order valence-corrected chi connectivity index (χ0v) is 20.7. The quantitative estimate of drug-likeness (QED) is 0.419. The number of hydrogen-bond acceptors (Lipinski definition) is 3. The molecule has 2 aliphatic heterocycles. The maximum atomic E-state index is 13.6. The van der Waals surface area contributed by atoms with E-state index in [1.54, 1.807) is 0 Å². The third kappa shape index (κ3) is 6.82. The molecule has 0 unspecified atom stereocenters. The summed E-state index contributed by atoms with van der Waals surface area (Å²) >= 11 is 0. The number of nitrogens with one attached hydrogen (secondary N) is 1. The van der Waals surface area contributed by atoms with E-state index in [1.165, 1.54) is 11.1 Å². The molecule has 0 spiro atoms. The van der Waals surface area contributed by atoms with Crippen LogP contribution in [0.3, 0.4) is 0 Å². The van der Waals surface area contributed by atoms with Gasteiger partial charge in [0.25, 0.3) is 0 Å². The molecule has 2 aromatic rings. The van der Waals surface area contributed by atoms with Gasteiger partial charge in [-0.2, -0.15) is 0 Å². The molecular formula is C30H38N2O3. The molecule has 2 amide bonds. The summed E-state index contributed by atoms with van der Waals surface area (Å²) in [5.74, 6) is 0.273. The smallest absolute Gasteiger partial charge is 0.230 e. The molecule has 2 aliphatic rings. The number of piperidine rings is 1. The fourth-order valence-electron chi connectivity index (χ4n) is 5.26. The zero-order valence-electron chi connectivity index (χ0n) is 20.7. The zero-order chi connectivity index (χ0) is 24.3. The molecule has 0 radical (unpaired) electrons. The fourth-order valence-corrected chi connectivity index (χ4v) is 5.26. The van der Waals surface area contributed by atoms with Crippen LogP contribution in [-0.4, -0.2) is 49.6 Å². The van der Waals surface area contributed by atoms with Crippen molar-refractivity contribution in [1.82, 2.24) is 10.2 Å². The molecular weight excluding hydrogens is 436 g/mol. The van der Waals surface area contributed by atoms with Crippen molar-refractivity contribution in [2.75, 3.05) is 32.8 Å². The van der Waals surface area contributed by atoms with Gasteiger partial charge in [0.05, 0.1) is 18.6 Å². The SMILES string of the molecule is O=C(CCc1ccccc1)N1CCC(C(=O)NCCCC2=CCCOCC2)(c2ccccc2)CC1. The first kappa shape index (κ1) is 25.2. The summed E-state index contributed by atoms with van der Waals surface area (Å²) in [6, 6.07) is 20.2. The first-order valence-electron chi connectivity index (χ1n) is 13.1. The first-order chi connectivity index (χ1) is 17.2. The number of aryl methyl sites for hydroxylation is 1. The van der Waals surface area contributed by atoms with Crippen molar-refractivity contribution in [3.8, 4) is 0 Å². The Morgan fingerprint density at radius 1 is 0.914 bits per heavy atom. The number of likely N-dealkylation sites (tertiary alicyclic amines) is 1. The van der Waals surface area contributed by atoms with E-state index in [1.807, 2.05) is 41.3 Å². The Kier molecular flexibility index (Phi) is 9.13. The molecule has 2 aromatic carbocycles. The summed E-state index contributed by atoms with van der Waals surface area (Å²) in [6.07, 6.45) is 8.79. The van der Waals surface area contributed by atoms with Gasteiger partial charge in [-0.05, 0) is 56.1 Å². The lowest BCUT2D eigenvalue weighted by molar-refractivity contribution is -0.136. The van der Waals surface area contributed by atoms with Gasteiger partial charge in [-0.25, -0.2) is 0 Å². The summed E-state index contributed by atoms with van der Waals surface area (Å²) in [7, 11) is 0. The van der Waals surface area contributed by atoms with Crippen molar-refractivity contribution in [1.29, 1.82) is 0 Å². The largest absolute Gasteiger partial charge is 0.381 e. The van der Waals surface area contributed by atoms with Crippen molar-refractivity contribution >= 4 is 11.8 Å². The van der Waals surface area contributed by atoms with Crippen molar-refractivity contribution in [3.05, 3.63) is 83.4 Å². The normalized spacial score (nSPS) is 17.8. The molecule has 35 heavy (non-hydrogen) atoms. The number of ether oxygens (including phenoxy) is 1. The minimum absolute atomic E-state index is 0.0956. The Labute approximate surface area is 209 Å². The number of carbonyl (C=O) groups is 2. The predicted molar refractivity (Wildman–Crippen MR) is 139 cm³/mol. The number of hydrogen-bond donors (Lipinski definition) is 1. The highest BCUT2D eigenvalue weighted by molar-refractivity contribution is 5.89. The molecule has 5 heteroatoms. The summed E-state index contributed by atoms with van der Waals surface area (Å²) < 4.78 is 5.52. The van der Waals surface area contributed by atoms with Crippen molar-refractivity contribution < 1.29 is 14.3 Å². The van der Waals surface area contributed by atoms with E-state index >= 15 is 0 Å². The van der Waals surface area contributed by atoms with E-state index in [4.69, 9.17) is 4.74 Å². The van der Waals surface area contributed by atoms with Gasteiger partial charge < -0.3 is 15.0 Å². The van der Waals surface area contributed by atoms with Gasteiger partial charge in [0.15, 0.2) is 0 Å². The number of rotatable bonds is 9. The van der Waals surface area contributed by atoms with Crippen LogP contribution in [0.4, 0.5) is 0 Å². The van der Waals surface area contributed by atoms with E-state index in [0.717, 1.165) is 50.9 Å². The van der Waals surface area contributed by atoms with Gasteiger partial charge in [0, 0.05) is 26.1 Å². The van der Waals surface area contributed by atoms with Gasteiger partial charge in [0.2, 0.25) is 11.8 Å². The lowest BCUT2D eigenvalue weighted by Crippen LogP contribution is -2.53. The fraction of sp³-hybridized carbons (Fsp3) is 0.467. The summed E-state index contributed by atoms with van der Waals surface area (Å²) in [6.45, 7) is 3.51. The Bertz CT molecular complexity index is 979. The maximum Gasteiger partial charge on any atom is 0.230 e. The minimum Gasteiger partial charge on any atom is -0.381 e. The van der Waals surface area contributed by atoms with Crippen LogP contribution in [0.2, 0.25) is 0 Å². The van der Waals surface area contributed by atoms with Gasteiger partial charge in [-0.1, -0.05) is 72.3 Å². The van der Waals surface area contributed by atoms with Crippen LogP contribution in [-0.2, 0) is 26.2 Å². The van der Waals surface area contributed by atoms with Gasteiger partial charge in [0.1, 0.15) is 0 Å². The van der Waals surface area contributed by atoms with E-state index in [0.29, 0.717) is 38.9 Å². The number of amides is 2. The Balaban J connectivity index is 1.33. The lowest BCUT2D eigenvalue weighted by atomic mass is 9.72. The monoisotopic (exact) mass is 474 g/mol. The van der Waals surface area contributed by atoms with Crippen LogP contribution in [0.1, 0.15) is 56.1 Å². The van der Waals surface area contributed by atoms with Crippen molar-refractivity contribution in [2.45, 2.75) is 56.8 Å². The summed E-state index contributed by atoms with van der Waals surface area (Å²) in [5, 5.41) is 3.24. The third-order valence-electron chi connectivity index (χ3n) is 7.42. The molecule has 1 fully saturated rings. The van der Waals surface area contributed by atoms with Crippen molar-refractivity contribution in [3.63, 3.8) is 0 Å². The molecule has 0 aromatic heterocycles. The lowest BCUT2D eigenvalue weighted by Gasteiger charge is -2.41. The van der Waals surface area contributed by atoms with Crippen LogP contribution >= 0.6 is 0 Å². The average molecular weight is 475 g/mol. The van der Waals surface area contributed by atoms with E-state index < -0.39 is 5.41 Å². The summed E-state index contributed by atoms with van der Waals surface area (Å²) in [5.41, 5.74) is 3.10. The second-order valence-corrected chi connectivity index (χ2v) is 9.69. The van der Waals surface area contributed by atoms with Crippen LogP contribution in [0.15, 0.2) is 72.3 Å². The number of carbonyl (C=O) groups excluding carboxylic acids is 2. The van der Waals surface area contributed by atoms with Gasteiger partial charge >= 0.3 is 0 Å². The Morgan fingerprint density at radius 3 is 2.37 bits per heavy atom. The van der Waals surface area contributed by atoms with E-state index in [9.17, 15) is 9.59 Å². The first-order valence-corrected chi connectivity index (χ1v) is 13.1. The summed E-state index contributed by atoms with van der Waals surface area (Å²) in [4.78, 5) is 28.4. The van der Waals surface area contributed by atoms with Crippen LogP contribution in [0, 0.1) is 0 Å². The average Bonchev–Trinajstić information content (AvgIpc) is 3.19. The number of nitrogens with zero attached hydrogens (tertiary/aromatic N) is 1. The molecule has 0 saturated carbocycles. The van der Waals surface area contributed by atoms with Crippen LogP contribution in [0.25, 0.3) is 0 Å². The molecule has 0 aliphatic carbocycles. The maximum absolute atomic E-state index is 13.6. The highest BCUT2D eigenvalue weighted by Gasteiger charge is 2.43. The predicted octanol–water partition coefficient (Wildman–Crippen LogP) is 4.81. The van der Waals surface area contributed by atoms with Gasteiger partial charge in [-0.15, -0.1) is 0 Å². The molecule has 4 rings (SSSR count). The minimum atomic E-state index is -0.576. The molecule has 2 heterocycles. The topological polar surface area (TPSA) is 58.6 Å². The third-order valence-corrected chi connectivity index (χ3v) is 7.42. The van der Waals surface area contributed by atoms with E-state index in [-0.39, 0.29) is 11.8 Å². The second kappa shape index (κ2) is 12.7. The molecule has 0 atom stereocenters. The van der Waals surface area contributed by atoms with Crippen LogP contribution in [0.5, 0.6) is 0 Å². The highest BCUT2D eigenvalue weighted by Crippen LogP contribution is 2.36. The van der Waals surface area contributed by atoms with Crippen molar-refractivity contribution in [2.24, 2.45) is 0 Å². The molecule has 5 nitrogen and oxygen atoms in total. The van der Waals surface area contributed by atoms with E-state index in [2.05, 4.69) is 35.7 Å². The Morgan fingerprint density at radius 2 is 1.63 bits per heavy atom.